The van der Waals surface area contributed by atoms with Crippen molar-refractivity contribution in [3.63, 3.8) is 0 Å². The maximum Gasteiger partial charge on any atom is 0.113 e. The van der Waals surface area contributed by atoms with E-state index >= 15 is 0 Å². The molecule has 2 N–H and O–H groups in total. The van der Waals surface area contributed by atoms with Gasteiger partial charge in [0, 0.05) is 51.6 Å². The Kier molecular flexibility index (Phi) is 11.5. The van der Waals surface area contributed by atoms with Crippen LogP contribution in [-0.4, -0.2) is 87.9 Å². The lowest BCUT2D eigenvalue weighted by molar-refractivity contribution is 0.0708. The zero-order valence-electron chi connectivity index (χ0n) is 19.7. The van der Waals surface area contributed by atoms with E-state index in [0.717, 1.165) is 47.2 Å². The van der Waals surface area contributed by atoms with Gasteiger partial charge < -0.3 is 19.8 Å². The highest BCUT2D eigenvalue weighted by Gasteiger charge is 2.29. The Hall–Kier alpha value is -1.49. The smallest absolute Gasteiger partial charge is 0.113 e. The van der Waals surface area contributed by atoms with Crippen molar-refractivity contribution < 1.29 is 9.47 Å². The van der Waals surface area contributed by atoms with E-state index in [9.17, 15) is 0 Å². The van der Waals surface area contributed by atoms with Crippen LogP contribution in [0.4, 0.5) is 0 Å². The van der Waals surface area contributed by atoms with Gasteiger partial charge in [-0.3, -0.25) is 15.2 Å². The number of rotatable bonds is 15. The van der Waals surface area contributed by atoms with Gasteiger partial charge in [-0.05, 0) is 26.6 Å². The molecular formula is C22H38N6O2S. The maximum atomic E-state index is 5.92. The molecule has 0 aliphatic heterocycles. The number of pyridine rings is 1. The average molecular weight is 451 g/mol. The van der Waals surface area contributed by atoms with Gasteiger partial charge in [0.2, 0.25) is 0 Å². The fourth-order valence-corrected chi connectivity index (χ4v) is 4.77. The molecule has 2 heterocycles. The van der Waals surface area contributed by atoms with Crippen molar-refractivity contribution in [3.8, 4) is 0 Å². The van der Waals surface area contributed by atoms with E-state index in [1.807, 2.05) is 39.5 Å². The molecule has 2 rings (SSSR count). The summed E-state index contributed by atoms with van der Waals surface area (Å²) in [6, 6.07) is 2.14. The number of aliphatic imine (C=N–C) groups is 1. The molecule has 9 heteroatoms. The molecule has 174 valence electrons. The third-order valence-electron chi connectivity index (χ3n) is 5.43. The number of ether oxygens (including phenoxy) is 2. The zero-order valence-corrected chi connectivity index (χ0v) is 20.5. The summed E-state index contributed by atoms with van der Waals surface area (Å²) in [5.41, 5.74) is 1.94. The number of aromatic nitrogens is 2. The number of aryl methyl sites for hydroxylation is 1. The van der Waals surface area contributed by atoms with Crippen molar-refractivity contribution in [2.45, 2.75) is 32.9 Å². The van der Waals surface area contributed by atoms with Gasteiger partial charge in [-0.1, -0.05) is 13.8 Å². The summed E-state index contributed by atoms with van der Waals surface area (Å²) in [6.07, 6.45) is 3.82. The summed E-state index contributed by atoms with van der Waals surface area (Å²) in [5, 5.41) is 8.08. The van der Waals surface area contributed by atoms with Crippen molar-refractivity contribution in [2.24, 2.45) is 10.9 Å². The maximum absolute atomic E-state index is 5.92. The molecule has 31 heavy (non-hydrogen) atoms. The van der Waals surface area contributed by atoms with Crippen molar-refractivity contribution in [2.75, 3.05) is 60.8 Å². The second kappa shape index (κ2) is 13.8. The highest BCUT2D eigenvalue weighted by molar-refractivity contribution is 7.18. The molecule has 0 aliphatic carbocycles. The molecule has 0 saturated heterocycles. The molecule has 2 aromatic heterocycles. The van der Waals surface area contributed by atoms with Crippen LogP contribution in [0.15, 0.2) is 17.3 Å². The molecular weight excluding hydrogens is 412 g/mol. The minimum absolute atomic E-state index is 0.0299. The van der Waals surface area contributed by atoms with Gasteiger partial charge in [-0.25, -0.2) is 4.98 Å². The highest BCUT2D eigenvalue weighted by atomic mass is 32.1. The Bertz CT molecular complexity index is 799. The minimum atomic E-state index is 0.0299. The summed E-state index contributed by atoms with van der Waals surface area (Å²) in [5.74, 6) is 0.200. The molecule has 2 aromatic rings. The Morgan fingerprint density at radius 2 is 2.10 bits per heavy atom. The van der Waals surface area contributed by atoms with Gasteiger partial charge in [-0.15, -0.1) is 11.3 Å². The van der Waals surface area contributed by atoms with E-state index in [0.29, 0.717) is 13.3 Å². The fraction of sp³-hybridized carbons (Fsp3) is 0.682. The van der Waals surface area contributed by atoms with E-state index in [4.69, 9.17) is 14.5 Å². The van der Waals surface area contributed by atoms with Gasteiger partial charge in [0.25, 0.3) is 0 Å². The predicted octanol–water partition coefficient (Wildman–Crippen LogP) is 2.50. The number of hydrogen-bond donors (Lipinski definition) is 2. The first-order valence-corrected chi connectivity index (χ1v) is 11.7. The molecule has 0 aliphatic rings. The minimum Gasteiger partial charge on any atom is -0.383 e. The number of fused-ring (bicyclic) bond motifs is 1. The zero-order chi connectivity index (χ0) is 22.6. The van der Waals surface area contributed by atoms with E-state index in [-0.39, 0.29) is 18.0 Å². The van der Waals surface area contributed by atoms with Crippen LogP contribution < -0.4 is 10.6 Å². The SMILES string of the molecule is CCN(CCOC)CCOCNC(C(C)C=NC)C(NC)c1nc2c(C)nccc2s1. The molecule has 0 amide bonds. The van der Waals surface area contributed by atoms with E-state index < -0.39 is 0 Å². The second-order valence-electron chi connectivity index (χ2n) is 7.54. The normalized spacial score (nSPS) is 15.2. The lowest BCUT2D eigenvalue weighted by atomic mass is 9.96. The first-order valence-electron chi connectivity index (χ1n) is 10.9. The molecule has 0 aromatic carbocycles. The van der Waals surface area contributed by atoms with Crippen LogP contribution >= 0.6 is 11.3 Å². The van der Waals surface area contributed by atoms with Gasteiger partial charge >= 0.3 is 0 Å². The number of nitrogens with zero attached hydrogens (tertiary/aromatic N) is 4. The second-order valence-corrected chi connectivity index (χ2v) is 8.60. The summed E-state index contributed by atoms with van der Waals surface area (Å²) >= 11 is 1.71. The number of thiazole rings is 1. The summed E-state index contributed by atoms with van der Waals surface area (Å²) in [7, 11) is 5.52. The van der Waals surface area contributed by atoms with Gasteiger partial charge in [-0.2, -0.15) is 0 Å². The number of nitrogens with one attached hydrogen (secondary N) is 2. The first-order chi connectivity index (χ1) is 15.0. The standard InChI is InChI=1S/C22H38N6O2S/c1-7-28(10-12-29-6)11-13-30-15-26-19(16(2)14-23-4)21(24-5)22-27-20-17(3)25-9-8-18(20)31-22/h8-9,14,16,19,21,24,26H,7,10-13,15H2,1-6H3. The van der Waals surface area contributed by atoms with Gasteiger partial charge in [0.1, 0.15) is 10.5 Å². The third-order valence-corrected chi connectivity index (χ3v) is 6.53. The van der Waals surface area contributed by atoms with Crippen LogP contribution in [0.25, 0.3) is 10.2 Å². The van der Waals surface area contributed by atoms with Gasteiger partial charge in [0.15, 0.2) is 0 Å². The first kappa shape index (κ1) is 25.8. The number of hydrogen-bond acceptors (Lipinski definition) is 9. The largest absolute Gasteiger partial charge is 0.383 e. The van der Waals surface area contributed by atoms with E-state index in [1.165, 1.54) is 0 Å². The molecule has 0 bridgehead atoms. The highest BCUT2D eigenvalue weighted by Crippen LogP contribution is 2.30. The van der Waals surface area contributed by atoms with Gasteiger partial charge in [0.05, 0.1) is 36.4 Å². The monoisotopic (exact) mass is 450 g/mol. The lowest BCUT2D eigenvalue weighted by Crippen LogP contribution is -2.46. The van der Waals surface area contributed by atoms with Crippen molar-refractivity contribution in [1.82, 2.24) is 25.5 Å². The summed E-state index contributed by atoms with van der Waals surface area (Å²) in [6.45, 7) is 11.0. The van der Waals surface area contributed by atoms with Crippen molar-refractivity contribution >= 4 is 27.8 Å². The number of methoxy groups -OCH3 is 1. The molecule has 0 fully saturated rings. The Labute approximate surface area is 190 Å². The molecule has 0 spiro atoms. The topological polar surface area (TPSA) is 83.9 Å². The Morgan fingerprint density at radius 1 is 1.32 bits per heavy atom. The molecule has 3 atom stereocenters. The quantitative estimate of drug-likeness (QED) is 0.245. The molecule has 0 saturated carbocycles. The molecule has 0 radical (unpaired) electrons. The van der Waals surface area contributed by atoms with E-state index in [2.05, 4.69) is 39.4 Å². The number of likely N-dealkylation sites (N-methyl/N-ethyl adjacent to an activating group) is 2. The van der Waals surface area contributed by atoms with Crippen molar-refractivity contribution in [1.29, 1.82) is 0 Å². The fourth-order valence-electron chi connectivity index (χ4n) is 3.59. The predicted molar refractivity (Wildman–Crippen MR) is 129 cm³/mol. The lowest BCUT2D eigenvalue weighted by Gasteiger charge is -2.30. The summed E-state index contributed by atoms with van der Waals surface area (Å²) in [4.78, 5) is 15.9. The molecule has 3 unspecified atom stereocenters. The van der Waals surface area contributed by atoms with Crippen LogP contribution in [0.2, 0.25) is 0 Å². The third kappa shape index (κ3) is 7.55. The Morgan fingerprint density at radius 3 is 2.74 bits per heavy atom. The van der Waals surface area contributed by atoms with Crippen LogP contribution in [0, 0.1) is 12.8 Å². The van der Waals surface area contributed by atoms with Crippen molar-refractivity contribution in [3.05, 3.63) is 23.0 Å². The summed E-state index contributed by atoms with van der Waals surface area (Å²) < 4.78 is 12.2. The van der Waals surface area contributed by atoms with Crippen LogP contribution in [0.1, 0.15) is 30.6 Å². The molecule has 8 nitrogen and oxygen atoms in total. The average Bonchev–Trinajstić information content (AvgIpc) is 3.20. The van der Waals surface area contributed by atoms with Crippen LogP contribution in [0.5, 0.6) is 0 Å². The van der Waals surface area contributed by atoms with Crippen LogP contribution in [0.3, 0.4) is 0 Å². The van der Waals surface area contributed by atoms with Crippen LogP contribution in [-0.2, 0) is 9.47 Å². The van der Waals surface area contributed by atoms with E-state index in [1.54, 1.807) is 18.4 Å². The Balaban J connectivity index is 2.03.